The second-order valence-electron chi connectivity index (χ2n) is 10.0. The van der Waals surface area contributed by atoms with Crippen molar-refractivity contribution >= 4 is 23.0 Å². The number of carbonyl (C=O) groups excluding carboxylic acids is 1. The van der Waals surface area contributed by atoms with Gasteiger partial charge in [0, 0.05) is 48.9 Å². The standard InChI is InChI=1S/C27H34N6O3/c1-17(2)29-27(35)32-11-8-20(9-12-32)30-26-28-15-19-14-23(22-7-5-4-6-18(22)3)25(34)33(24(19)31-26)21-10-13-36-16-21/h4-7,14-15,17,20-21H,8-13,16H2,1-3H3,(H,29,35)(H,28,30,31). The Morgan fingerprint density at radius 2 is 1.92 bits per heavy atom. The van der Waals surface area contributed by atoms with Crippen molar-refractivity contribution in [1.82, 2.24) is 24.8 Å². The van der Waals surface area contributed by atoms with Gasteiger partial charge in [-0.25, -0.2) is 9.78 Å². The molecule has 0 spiro atoms. The predicted octanol–water partition coefficient (Wildman–Crippen LogP) is 3.72. The highest BCUT2D eigenvalue weighted by Crippen LogP contribution is 2.28. The Labute approximate surface area is 210 Å². The number of nitrogens with one attached hydrogen (secondary N) is 2. The molecular weight excluding hydrogens is 456 g/mol. The van der Waals surface area contributed by atoms with E-state index in [9.17, 15) is 9.59 Å². The number of amides is 2. The van der Waals surface area contributed by atoms with Crippen LogP contribution < -0.4 is 16.2 Å². The van der Waals surface area contributed by atoms with Gasteiger partial charge in [-0.15, -0.1) is 0 Å². The van der Waals surface area contributed by atoms with Crippen LogP contribution in [0, 0.1) is 6.92 Å². The molecule has 2 N–H and O–H groups in total. The number of aromatic nitrogens is 3. The summed E-state index contributed by atoms with van der Waals surface area (Å²) in [6.45, 7) is 8.42. The minimum Gasteiger partial charge on any atom is -0.379 e. The highest BCUT2D eigenvalue weighted by molar-refractivity contribution is 5.82. The topological polar surface area (TPSA) is 101 Å². The molecule has 2 aliphatic heterocycles. The second-order valence-corrected chi connectivity index (χ2v) is 10.0. The summed E-state index contributed by atoms with van der Waals surface area (Å²) in [6.07, 6.45) is 4.18. The van der Waals surface area contributed by atoms with Crippen LogP contribution in [0.1, 0.15) is 44.7 Å². The molecule has 1 unspecified atom stereocenters. The van der Waals surface area contributed by atoms with E-state index in [0.29, 0.717) is 43.5 Å². The maximum atomic E-state index is 13.8. The number of likely N-dealkylation sites (tertiary alicyclic amines) is 1. The Morgan fingerprint density at radius 1 is 1.14 bits per heavy atom. The summed E-state index contributed by atoms with van der Waals surface area (Å²) in [4.78, 5) is 37.3. The van der Waals surface area contributed by atoms with E-state index in [-0.39, 0.29) is 29.7 Å². The van der Waals surface area contributed by atoms with Crippen molar-refractivity contribution in [2.45, 2.75) is 58.2 Å². The number of aryl methyl sites for hydroxylation is 1. The molecule has 1 atom stereocenters. The number of hydrogen-bond donors (Lipinski definition) is 2. The Kier molecular flexibility index (Phi) is 6.91. The quantitative estimate of drug-likeness (QED) is 0.565. The summed E-state index contributed by atoms with van der Waals surface area (Å²) in [7, 11) is 0. The average Bonchev–Trinajstić information content (AvgIpc) is 3.39. The van der Waals surface area contributed by atoms with Crippen LogP contribution in [0.3, 0.4) is 0 Å². The third-order valence-corrected chi connectivity index (χ3v) is 7.01. The summed E-state index contributed by atoms with van der Waals surface area (Å²) in [5, 5.41) is 7.22. The van der Waals surface area contributed by atoms with Crippen LogP contribution in [0.5, 0.6) is 0 Å². The van der Waals surface area contributed by atoms with E-state index in [2.05, 4.69) is 15.6 Å². The molecule has 2 aliphatic rings. The van der Waals surface area contributed by atoms with Crippen molar-refractivity contribution < 1.29 is 9.53 Å². The van der Waals surface area contributed by atoms with E-state index in [1.807, 2.05) is 56.0 Å². The molecule has 4 heterocycles. The lowest BCUT2D eigenvalue weighted by Gasteiger charge is -2.33. The number of piperidine rings is 1. The highest BCUT2D eigenvalue weighted by Gasteiger charge is 2.26. The van der Waals surface area contributed by atoms with Gasteiger partial charge in [-0.05, 0) is 57.2 Å². The van der Waals surface area contributed by atoms with E-state index in [1.54, 1.807) is 10.8 Å². The molecule has 2 fully saturated rings. The number of nitrogens with zero attached hydrogens (tertiary/aromatic N) is 4. The Hall–Kier alpha value is -3.46. The van der Waals surface area contributed by atoms with Gasteiger partial charge >= 0.3 is 6.03 Å². The number of anilines is 1. The molecular formula is C27H34N6O3. The lowest BCUT2D eigenvalue weighted by Crippen LogP contribution is -2.48. The van der Waals surface area contributed by atoms with Gasteiger partial charge in [0.05, 0.1) is 12.6 Å². The Morgan fingerprint density at radius 3 is 2.61 bits per heavy atom. The van der Waals surface area contributed by atoms with Gasteiger partial charge in [-0.3, -0.25) is 9.36 Å². The van der Waals surface area contributed by atoms with Crippen molar-refractivity contribution in [2.24, 2.45) is 0 Å². The predicted molar refractivity (Wildman–Crippen MR) is 140 cm³/mol. The number of benzene rings is 1. The summed E-state index contributed by atoms with van der Waals surface area (Å²) in [6, 6.07) is 10.0. The summed E-state index contributed by atoms with van der Waals surface area (Å²) < 4.78 is 7.44. The fraction of sp³-hybridized carbons (Fsp3) is 0.481. The Balaban J connectivity index is 1.43. The molecule has 3 aromatic rings. The molecule has 2 saturated heterocycles. The lowest BCUT2D eigenvalue weighted by molar-refractivity contribution is 0.181. The molecule has 190 valence electrons. The van der Waals surface area contributed by atoms with Gasteiger partial charge in [0.25, 0.3) is 5.56 Å². The first-order valence-electron chi connectivity index (χ1n) is 12.8. The number of fused-ring (bicyclic) bond motifs is 1. The van der Waals surface area contributed by atoms with Gasteiger partial charge in [-0.1, -0.05) is 24.3 Å². The van der Waals surface area contributed by atoms with Crippen molar-refractivity contribution in [3.8, 4) is 11.1 Å². The highest BCUT2D eigenvalue weighted by atomic mass is 16.5. The molecule has 36 heavy (non-hydrogen) atoms. The van der Waals surface area contributed by atoms with E-state index < -0.39 is 0 Å². The zero-order chi connectivity index (χ0) is 25.2. The first-order chi connectivity index (χ1) is 17.4. The van der Waals surface area contributed by atoms with E-state index in [0.717, 1.165) is 35.8 Å². The smallest absolute Gasteiger partial charge is 0.317 e. The molecule has 2 amide bonds. The molecule has 5 rings (SSSR count). The first kappa shape index (κ1) is 24.2. The van der Waals surface area contributed by atoms with Crippen LogP contribution in [0.4, 0.5) is 10.7 Å². The fourth-order valence-corrected chi connectivity index (χ4v) is 5.07. The molecule has 0 aliphatic carbocycles. The van der Waals surface area contributed by atoms with Gasteiger partial charge in [0.1, 0.15) is 5.65 Å². The van der Waals surface area contributed by atoms with Gasteiger partial charge in [0.15, 0.2) is 0 Å². The normalized spacial score (nSPS) is 18.7. The maximum absolute atomic E-state index is 13.8. The Bertz CT molecular complexity index is 1310. The third-order valence-electron chi connectivity index (χ3n) is 7.01. The van der Waals surface area contributed by atoms with E-state index >= 15 is 0 Å². The maximum Gasteiger partial charge on any atom is 0.317 e. The molecule has 0 bridgehead atoms. The summed E-state index contributed by atoms with van der Waals surface area (Å²) in [5.74, 6) is 0.503. The number of hydrogen-bond acceptors (Lipinski definition) is 6. The van der Waals surface area contributed by atoms with Gasteiger partial charge in [-0.2, -0.15) is 4.98 Å². The molecule has 9 nitrogen and oxygen atoms in total. The zero-order valence-electron chi connectivity index (χ0n) is 21.2. The number of pyridine rings is 1. The van der Waals surface area contributed by atoms with Crippen LogP contribution in [0.15, 0.2) is 41.3 Å². The largest absolute Gasteiger partial charge is 0.379 e. The average molecular weight is 491 g/mol. The van der Waals surface area contributed by atoms with Crippen LogP contribution in [0.2, 0.25) is 0 Å². The molecule has 0 saturated carbocycles. The van der Waals surface area contributed by atoms with E-state index in [4.69, 9.17) is 9.72 Å². The van der Waals surface area contributed by atoms with Gasteiger partial charge in [0.2, 0.25) is 5.95 Å². The molecule has 2 aromatic heterocycles. The number of ether oxygens (including phenoxy) is 1. The zero-order valence-corrected chi connectivity index (χ0v) is 21.2. The molecule has 1 aromatic carbocycles. The van der Waals surface area contributed by atoms with Crippen molar-refractivity contribution in [2.75, 3.05) is 31.6 Å². The van der Waals surface area contributed by atoms with Crippen LogP contribution in [-0.2, 0) is 4.74 Å². The van der Waals surface area contributed by atoms with Crippen molar-refractivity contribution in [3.05, 3.63) is 52.4 Å². The van der Waals surface area contributed by atoms with Crippen molar-refractivity contribution in [1.29, 1.82) is 0 Å². The fourth-order valence-electron chi connectivity index (χ4n) is 5.07. The van der Waals surface area contributed by atoms with Crippen molar-refractivity contribution in [3.63, 3.8) is 0 Å². The number of urea groups is 1. The molecule has 9 heteroatoms. The minimum absolute atomic E-state index is 0.0161. The van der Waals surface area contributed by atoms with E-state index in [1.165, 1.54) is 0 Å². The summed E-state index contributed by atoms with van der Waals surface area (Å²) >= 11 is 0. The molecule has 0 radical (unpaired) electrons. The summed E-state index contributed by atoms with van der Waals surface area (Å²) in [5.41, 5.74) is 3.20. The first-order valence-corrected chi connectivity index (χ1v) is 12.8. The van der Waals surface area contributed by atoms with Crippen LogP contribution >= 0.6 is 0 Å². The van der Waals surface area contributed by atoms with Gasteiger partial charge < -0.3 is 20.3 Å². The van der Waals surface area contributed by atoms with Crippen LogP contribution in [-0.4, -0.2) is 63.9 Å². The third kappa shape index (κ3) is 4.93. The monoisotopic (exact) mass is 490 g/mol. The second kappa shape index (κ2) is 10.3. The SMILES string of the molecule is Cc1ccccc1-c1cc2cnc(NC3CCN(C(=O)NC(C)C)CC3)nc2n(C2CCOC2)c1=O. The lowest BCUT2D eigenvalue weighted by atomic mass is 10.0. The number of rotatable bonds is 5. The minimum atomic E-state index is -0.0607. The van der Waals surface area contributed by atoms with Crippen LogP contribution in [0.25, 0.3) is 22.2 Å². The number of carbonyl (C=O) groups is 1.